The van der Waals surface area contributed by atoms with Crippen LogP contribution in [-0.4, -0.2) is 61.0 Å². The summed E-state index contributed by atoms with van der Waals surface area (Å²) in [6.45, 7) is 6.94. The number of sulfonamides is 1. The van der Waals surface area contributed by atoms with Gasteiger partial charge in [0.15, 0.2) is 0 Å². The van der Waals surface area contributed by atoms with Gasteiger partial charge in [0.2, 0.25) is 10.0 Å². The minimum Gasteiger partial charge on any atom is -0.444 e. The zero-order chi connectivity index (χ0) is 27.0. The number of pyridine rings is 1. The van der Waals surface area contributed by atoms with Gasteiger partial charge in [-0.05, 0) is 75.4 Å². The van der Waals surface area contributed by atoms with E-state index in [0.717, 1.165) is 0 Å². The number of rotatable bonds is 5. The van der Waals surface area contributed by atoms with Crippen molar-refractivity contribution in [2.45, 2.75) is 44.1 Å². The van der Waals surface area contributed by atoms with Crippen LogP contribution in [-0.2, 0) is 14.8 Å². The largest absolute Gasteiger partial charge is 0.444 e. The summed E-state index contributed by atoms with van der Waals surface area (Å²) < 4.78 is 33.2. The van der Waals surface area contributed by atoms with Crippen LogP contribution < -0.4 is 5.56 Å². The molecule has 1 fully saturated rings. The molecule has 10 heteroatoms. The van der Waals surface area contributed by atoms with E-state index in [1.165, 1.54) is 4.31 Å². The summed E-state index contributed by atoms with van der Waals surface area (Å²) in [6.07, 6.45) is 1.08. The van der Waals surface area contributed by atoms with Crippen molar-refractivity contribution in [3.8, 4) is 11.3 Å². The Kier molecular flexibility index (Phi) is 7.69. The van der Waals surface area contributed by atoms with Gasteiger partial charge >= 0.3 is 6.09 Å². The summed E-state index contributed by atoms with van der Waals surface area (Å²) in [6, 6.07) is 13.4. The number of benzene rings is 2. The lowest BCUT2D eigenvalue weighted by Gasteiger charge is -2.34. The number of amides is 1. The maximum absolute atomic E-state index is 13.2. The summed E-state index contributed by atoms with van der Waals surface area (Å²) in [5.74, 6) is 0.144. The number of hydrogen-bond acceptors (Lipinski definition) is 5. The highest BCUT2D eigenvalue weighted by molar-refractivity contribution is 7.89. The molecule has 0 bridgehead atoms. The predicted octanol–water partition coefficient (Wildman–Crippen LogP) is 5.12. The molecule has 1 N–H and O–H groups in total. The topological polar surface area (TPSA) is 99.8 Å². The first-order chi connectivity index (χ1) is 17.3. The molecule has 4 rings (SSSR count). The third-order valence-corrected chi connectivity index (χ3v) is 8.66. The molecule has 2 heterocycles. The van der Waals surface area contributed by atoms with Gasteiger partial charge in [-0.15, -0.1) is 0 Å². The number of hydrogen-bond donors (Lipinski definition) is 1. The quantitative estimate of drug-likeness (QED) is 0.480. The van der Waals surface area contributed by atoms with Gasteiger partial charge in [0.05, 0.1) is 4.90 Å². The van der Waals surface area contributed by atoms with E-state index >= 15 is 0 Å². The summed E-state index contributed by atoms with van der Waals surface area (Å²) in [5.41, 5.74) is 0.424. The zero-order valence-electron chi connectivity index (χ0n) is 21.5. The number of H-pyrrole nitrogens is 1. The predicted molar refractivity (Wildman–Crippen MR) is 145 cm³/mol. The Balaban J connectivity index is 1.43. The van der Waals surface area contributed by atoms with Crippen molar-refractivity contribution < 1.29 is 17.9 Å². The molecule has 0 atom stereocenters. The number of nitrogens with zero attached hydrogens (tertiary/aromatic N) is 2. The molecule has 0 spiro atoms. The normalized spacial score (nSPS) is 15.4. The molecular weight excluding hydrogens is 514 g/mol. The van der Waals surface area contributed by atoms with Crippen molar-refractivity contribution >= 4 is 38.5 Å². The van der Waals surface area contributed by atoms with Crippen molar-refractivity contribution in [2.24, 2.45) is 5.92 Å². The molecule has 1 aromatic heterocycles. The summed E-state index contributed by atoms with van der Waals surface area (Å²) in [7, 11) is -2.13. The third kappa shape index (κ3) is 6.17. The number of carbonyl (C=O) groups excluding carboxylic acids is 1. The first kappa shape index (κ1) is 27.2. The standard InChI is InChI=1S/C27H32ClN3O5S/c1-27(2,3)36-26(33)31-14-12-18(13-15-31)17-30(4)37(34,35)20-10-8-19(9-11-20)24-16-22-21(25(32)29-24)6-5-7-23(22)28/h5-11,16,18H,12-15,17H2,1-4H3,(H,29,32). The summed E-state index contributed by atoms with van der Waals surface area (Å²) in [5, 5.41) is 1.61. The number of fused-ring (bicyclic) bond motifs is 1. The van der Waals surface area contributed by atoms with E-state index in [1.54, 1.807) is 60.5 Å². The van der Waals surface area contributed by atoms with Gasteiger partial charge in [-0.3, -0.25) is 4.79 Å². The number of likely N-dealkylation sites (tertiary alicyclic amines) is 1. The first-order valence-corrected chi connectivity index (χ1v) is 14.0. The highest BCUT2D eigenvalue weighted by atomic mass is 35.5. The van der Waals surface area contributed by atoms with Crippen LogP contribution >= 0.6 is 11.6 Å². The van der Waals surface area contributed by atoms with Crippen LogP contribution in [0.1, 0.15) is 33.6 Å². The zero-order valence-corrected chi connectivity index (χ0v) is 23.0. The number of halogens is 1. The molecule has 198 valence electrons. The Bertz CT molecular complexity index is 1450. The number of ether oxygens (including phenoxy) is 1. The van der Waals surface area contributed by atoms with Gasteiger partial charge < -0.3 is 14.6 Å². The maximum atomic E-state index is 13.2. The molecule has 8 nitrogen and oxygen atoms in total. The third-order valence-electron chi connectivity index (χ3n) is 6.49. The molecule has 1 amide bonds. The van der Waals surface area contributed by atoms with Crippen molar-refractivity contribution in [1.29, 1.82) is 0 Å². The second kappa shape index (κ2) is 10.5. The minimum absolute atomic E-state index is 0.144. The molecule has 1 aliphatic rings. The average Bonchev–Trinajstić information content (AvgIpc) is 2.84. The average molecular weight is 546 g/mol. The number of nitrogens with one attached hydrogen (secondary N) is 1. The van der Waals surface area contributed by atoms with Gasteiger partial charge in [-0.1, -0.05) is 29.8 Å². The first-order valence-electron chi connectivity index (χ1n) is 12.2. The molecule has 0 radical (unpaired) electrons. The fraction of sp³-hybridized carbons (Fsp3) is 0.407. The van der Waals surface area contributed by atoms with Crippen LogP contribution in [0, 0.1) is 5.92 Å². The Morgan fingerprint density at radius 3 is 2.38 bits per heavy atom. The second-order valence-corrected chi connectivity index (χ2v) is 12.9. The molecule has 37 heavy (non-hydrogen) atoms. The van der Waals surface area contributed by atoms with Crippen molar-refractivity contribution in [1.82, 2.24) is 14.2 Å². The van der Waals surface area contributed by atoms with E-state index in [9.17, 15) is 18.0 Å². The van der Waals surface area contributed by atoms with E-state index in [1.807, 2.05) is 20.8 Å². The molecule has 1 saturated heterocycles. The molecule has 0 aliphatic carbocycles. The van der Waals surface area contributed by atoms with E-state index in [-0.39, 0.29) is 22.5 Å². The number of carbonyl (C=O) groups is 1. The SMILES string of the molecule is CN(CC1CCN(C(=O)OC(C)(C)C)CC1)S(=O)(=O)c1ccc(-c2cc3c(Cl)cccc3c(=O)[nH]2)cc1. The molecule has 2 aromatic carbocycles. The van der Waals surface area contributed by atoms with Gasteiger partial charge in [0, 0.05) is 48.2 Å². The second-order valence-electron chi connectivity index (χ2n) is 10.4. The lowest BCUT2D eigenvalue weighted by Crippen LogP contribution is -2.44. The lowest BCUT2D eigenvalue weighted by atomic mass is 9.97. The van der Waals surface area contributed by atoms with Gasteiger partial charge in [-0.2, -0.15) is 0 Å². The number of aromatic nitrogens is 1. The fourth-order valence-electron chi connectivity index (χ4n) is 4.48. The Morgan fingerprint density at radius 2 is 1.76 bits per heavy atom. The fourth-order valence-corrected chi connectivity index (χ4v) is 5.96. The van der Waals surface area contributed by atoms with E-state index < -0.39 is 15.6 Å². The summed E-state index contributed by atoms with van der Waals surface area (Å²) in [4.78, 5) is 29.5. The molecule has 0 saturated carbocycles. The minimum atomic E-state index is -3.71. The van der Waals surface area contributed by atoms with E-state index in [2.05, 4.69) is 4.98 Å². The molecule has 1 aliphatic heterocycles. The van der Waals surface area contributed by atoms with Crippen molar-refractivity contribution in [3.63, 3.8) is 0 Å². The highest BCUT2D eigenvalue weighted by Crippen LogP contribution is 2.27. The van der Waals surface area contributed by atoms with Gasteiger partial charge in [0.1, 0.15) is 5.60 Å². The van der Waals surface area contributed by atoms with Crippen LogP contribution in [0.4, 0.5) is 4.79 Å². The van der Waals surface area contributed by atoms with Crippen molar-refractivity contribution in [2.75, 3.05) is 26.7 Å². The van der Waals surface area contributed by atoms with Crippen LogP contribution in [0.5, 0.6) is 0 Å². The highest BCUT2D eigenvalue weighted by Gasteiger charge is 2.30. The Morgan fingerprint density at radius 1 is 1.11 bits per heavy atom. The van der Waals surface area contributed by atoms with Gasteiger partial charge in [0.25, 0.3) is 5.56 Å². The van der Waals surface area contributed by atoms with E-state index in [0.29, 0.717) is 59.5 Å². The van der Waals surface area contributed by atoms with Crippen molar-refractivity contribution in [3.05, 3.63) is 63.9 Å². The van der Waals surface area contributed by atoms with Crippen LogP contribution in [0.25, 0.3) is 22.0 Å². The lowest BCUT2D eigenvalue weighted by molar-refractivity contribution is 0.0179. The smallest absolute Gasteiger partial charge is 0.410 e. The van der Waals surface area contributed by atoms with E-state index in [4.69, 9.17) is 16.3 Å². The summed E-state index contributed by atoms with van der Waals surface area (Å²) >= 11 is 6.27. The maximum Gasteiger partial charge on any atom is 0.410 e. The van der Waals surface area contributed by atoms with Crippen LogP contribution in [0.2, 0.25) is 5.02 Å². The Hall–Kier alpha value is -2.88. The molecule has 3 aromatic rings. The van der Waals surface area contributed by atoms with Crippen LogP contribution in [0.3, 0.4) is 0 Å². The molecular formula is C27H32ClN3O5S. The number of aromatic amines is 1. The number of piperidine rings is 1. The monoisotopic (exact) mass is 545 g/mol. The molecule has 0 unspecified atom stereocenters. The Labute approximate surface area is 222 Å². The van der Waals surface area contributed by atoms with Crippen LogP contribution in [0.15, 0.2) is 58.2 Å². The van der Waals surface area contributed by atoms with Gasteiger partial charge in [-0.25, -0.2) is 17.5 Å².